The first-order chi connectivity index (χ1) is 28.3. The Morgan fingerprint density at radius 3 is 1.93 bits per heavy atom. The van der Waals surface area contributed by atoms with Gasteiger partial charge in [0.15, 0.2) is 0 Å². The Morgan fingerprint density at radius 1 is 0.561 bits per heavy atom. The van der Waals surface area contributed by atoms with Gasteiger partial charge in [-0.15, -0.1) is 0 Å². The van der Waals surface area contributed by atoms with Gasteiger partial charge in [-0.05, 0) is 108 Å². The fraction of sp³-hybridized carbons (Fsp3) is 0.0962. The normalized spacial score (nSPS) is 16.9. The van der Waals surface area contributed by atoms with Gasteiger partial charge in [-0.2, -0.15) is 0 Å². The summed E-state index contributed by atoms with van der Waals surface area (Å²) in [5, 5.41) is 2.21. The summed E-state index contributed by atoms with van der Waals surface area (Å²) in [6.07, 6.45) is 23.4. The minimum Gasteiger partial charge on any atom is -0.309 e. The van der Waals surface area contributed by atoms with Crippen molar-refractivity contribution in [3.63, 3.8) is 0 Å². The van der Waals surface area contributed by atoms with E-state index in [1.54, 1.807) is 0 Å². The molecule has 1 atom stereocenters. The molecule has 1 unspecified atom stereocenters. The third kappa shape index (κ3) is 4.60. The molecule has 3 aliphatic carbocycles. The second kappa shape index (κ2) is 12.5. The van der Waals surface area contributed by atoms with Crippen LogP contribution in [0.4, 0.5) is 0 Å². The van der Waals surface area contributed by atoms with Gasteiger partial charge in [-0.1, -0.05) is 103 Å². The third-order valence-corrected chi connectivity index (χ3v) is 12.5. The highest BCUT2D eigenvalue weighted by atomic mass is 15.0. The van der Waals surface area contributed by atoms with E-state index in [-0.39, 0.29) is 0 Å². The first-order valence-corrected chi connectivity index (χ1v) is 20.0. The van der Waals surface area contributed by atoms with Crippen molar-refractivity contribution < 1.29 is 0 Å². The van der Waals surface area contributed by atoms with Crippen molar-refractivity contribution >= 4 is 38.9 Å². The van der Waals surface area contributed by atoms with E-state index in [0.717, 1.165) is 75.6 Å². The summed E-state index contributed by atoms with van der Waals surface area (Å²) >= 11 is 0. The molecule has 5 heterocycles. The first kappa shape index (κ1) is 32.2. The summed E-state index contributed by atoms with van der Waals surface area (Å²) < 4.78 is 4.74. The van der Waals surface area contributed by atoms with E-state index in [4.69, 9.17) is 4.98 Å². The molecule has 3 aliphatic rings. The number of hydrogen-bond donors (Lipinski definition) is 0. The average molecular weight is 732 g/mol. The highest BCUT2D eigenvalue weighted by Crippen LogP contribution is 2.57. The summed E-state index contributed by atoms with van der Waals surface area (Å²) in [6, 6.07) is 44.5. The van der Waals surface area contributed by atoms with Gasteiger partial charge >= 0.3 is 0 Å². The van der Waals surface area contributed by atoms with Gasteiger partial charge < -0.3 is 9.13 Å². The minimum atomic E-state index is -0.481. The fourth-order valence-electron chi connectivity index (χ4n) is 9.99. The Morgan fingerprint density at radius 2 is 1.23 bits per heavy atom. The lowest BCUT2D eigenvalue weighted by Gasteiger charge is -2.34. The molecule has 57 heavy (non-hydrogen) atoms. The summed E-state index contributed by atoms with van der Waals surface area (Å²) in [7, 11) is 0. The Hall–Kier alpha value is -7.11. The van der Waals surface area contributed by atoms with E-state index in [0.29, 0.717) is 0 Å². The summed E-state index contributed by atoms with van der Waals surface area (Å²) in [6.45, 7) is 0. The molecule has 0 amide bonds. The van der Waals surface area contributed by atoms with Gasteiger partial charge in [-0.3, -0.25) is 9.97 Å². The number of benzene rings is 4. The van der Waals surface area contributed by atoms with Crippen LogP contribution in [-0.4, -0.2) is 24.1 Å². The van der Waals surface area contributed by atoms with E-state index < -0.39 is 5.41 Å². The molecule has 12 rings (SSSR count). The van der Waals surface area contributed by atoms with Crippen LogP contribution in [0.5, 0.6) is 0 Å². The molecule has 0 saturated carbocycles. The summed E-state index contributed by atoms with van der Waals surface area (Å²) in [5.41, 5.74) is 18.7. The molecular weight excluding hydrogens is 695 g/mol. The number of aromatic nitrogens is 5. The molecule has 0 bridgehead atoms. The molecule has 0 N–H and O–H groups in total. The van der Waals surface area contributed by atoms with Crippen molar-refractivity contribution in [3.05, 3.63) is 204 Å². The predicted molar refractivity (Wildman–Crippen MR) is 232 cm³/mol. The number of nitrogens with zero attached hydrogens (tertiary/aromatic N) is 5. The van der Waals surface area contributed by atoms with Crippen LogP contribution in [0.2, 0.25) is 0 Å². The van der Waals surface area contributed by atoms with Crippen LogP contribution >= 0.6 is 0 Å². The van der Waals surface area contributed by atoms with Gasteiger partial charge in [0.25, 0.3) is 0 Å². The number of aryl methyl sites for hydroxylation is 1. The van der Waals surface area contributed by atoms with E-state index in [1.807, 2.05) is 24.8 Å². The number of allylic oxidation sites excluding steroid dienone is 5. The molecule has 0 saturated heterocycles. The molecule has 4 aromatic carbocycles. The molecule has 0 radical (unpaired) electrons. The average Bonchev–Trinajstić information content (AvgIpc) is 3.90. The Balaban J connectivity index is 0.990. The zero-order valence-corrected chi connectivity index (χ0v) is 31.3. The van der Waals surface area contributed by atoms with Crippen LogP contribution in [0.15, 0.2) is 176 Å². The lowest BCUT2D eigenvalue weighted by atomic mass is 9.68. The smallest absolute Gasteiger partial charge is 0.0927 e. The third-order valence-electron chi connectivity index (χ3n) is 12.5. The van der Waals surface area contributed by atoms with Crippen LogP contribution in [0.3, 0.4) is 0 Å². The van der Waals surface area contributed by atoms with Crippen LogP contribution in [0.1, 0.15) is 47.3 Å². The molecule has 0 fully saturated rings. The monoisotopic (exact) mass is 731 g/mol. The summed E-state index contributed by atoms with van der Waals surface area (Å²) in [4.78, 5) is 14.6. The van der Waals surface area contributed by atoms with Crippen LogP contribution in [0, 0.1) is 0 Å². The summed E-state index contributed by atoms with van der Waals surface area (Å²) in [5.74, 6) is 0. The number of hydrogen-bond acceptors (Lipinski definition) is 3. The van der Waals surface area contributed by atoms with E-state index >= 15 is 0 Å². The van der Waals surface area contributed by atoms with Gasteiger partial charge in [0, 0.05) is 58.1 Å². The molecular formula is C52H37N5. The van der Waals surface area contributed by atoms with Crippen molar-refractivity contribution in [2.45, 2.75) is 31.1 Å². The largest absolute Gasteiger partial charge is 0.309 e. The maximum atomic E-state index is 5.83. The second-order valence-electron chi connectivity index (χ2n) is 15.4. The Kier molecular flexibility index (Phi) is 7.03. The zero-order valence-electron chi connectivity index (χ0n) is 31.3. The lowest BCUT2D eigenvalue weighted by molar-refractivity contribution is 0.727. The van der Waals surface area contributed by atoms with Gasteiger partial charge in [-0.25, -0.2) is 4.98 Å². The highest BCUT2D eigenvalue weighted by Gasteiger charge is 2.48. The lowest BCUT2D eigenvalue weighted by Crippen LogP contribution is -2.30. The van der Waals surface area contributed by atoms with Crippen molar-refractivity contribution in [3.8, 4) is 33.6 Å². The fourth-order valence-corrected chi connectivity index (χ4v) is 9.99. The second-order valence-corrected chi connectivity index (χ2v) is 15.4. The van der Waals surface area contributed by atoms with Gasteiger partial charge in [0.05, 0.1) is 38.9 Å². The maximum absolute atomic E-state index is 5.83. The number of pyridine rings is 3. The quantitative estimate of drug-likeness (QED) is 0.177. The first-order valence-electron chi connectivity index (χ1n) is 20.0. The highest BCUT2D eigenvalue weighted by molar-refractivity contribution is 6.08. The number of fused-ring (bicyclic) bond motifs is 9. The number of rotatable bonds is 5. The molecule has 0 spiro atoms. The molecule has 9 aromatic rings. The Bertz CT molecular complexity index is 3110. The minimum absolute atomic E-state index is 0.481. The topological polar surface area (TPSA) is 48.5 Å². The Labute approximate surface area is 330 Å². The molecule has 0 aliphatic heterocycles. The molecule has 270 valence electrons. The van der Waals surface area contributed by atoms with Crippen molar-refractivity contribution in [2.75, 3.05) is 0 Å². The van der Waals surface area contributed by atoms with Gasteiger partial charge in [0.1, 0.15) is 0 Å². The van der Waals surface area contributed by atoms with Crippen molar-refractivity contribution in [2.24, 2.45) is 0 Å². The molecule has 5 heteroatoms. The van der Waals surface area contributed by atoms with Crippen molar-refractivity contribution in [1.82, 2.24) is 24.1 Å². The van der Waals surface area contributed by atoms with Crippen LogP contribution in [0.25, 0.3) is 72.5 Å². The standard InChI is InChI=1S/C52H37N5/c1-3-11-36(12-4-1)52(37-13-5-2-6-14-37)45-17-9-7-15-40(45)42-31-49-50(55-51(42)52)41-16-8-10-18-46(41)57(49)39-25-21-35(22-26-39)34-19-23-38(24-20-34)56-47-27-29-53-32-43(47)44-33-54-30-28-48(44)56/h1,3-5,7,9-15,17-33H,2,6,8,16H2. The van der Waals surface area contributed by atoms with Crippen molar-refractivity contribution in [1.29, 1.82) is 0 Å². The van der Waals surface area contributed by atoms with E-state index in [1.165, 1.54) is 50.2 Å². The molecule has 5 nitrogen and oxygen atoms in total. The van der Waals surface area contributed by atoms with Crippen LogP contribution in [-0.2, 0) is 11.8 Å². The molecule has 5 aromatic heterocycles. The SMILES string of the molecule is C1=CC(C2(c3ccccc3)c3ccccc3-c3cc4c(nc32)c2c(n4-c3ccc(-c4ccc(-n5c6ccncc6c6cnccc65)cc4)cc3)C=CCC2)=CCC1. The predicted octanol–water partition coefficient (Wildman–Crippen LogP) is 12.1. The van der Waals surface area contributed by atoms with Crippen LogP contribution < -0.4 is 0 Å². The zero-order chi connectivity index (χ0) is 37.5. The van der Waals surface area contributed by atoms with E-state index in [2.05, 4.69) is 171 Å². The maximum Gasteiger partial charge on any atom is 0.0927 e. The van der Waals surface area contributed by atoms with Gasteiger partial charge in [0.2, 0.25) is 0 Å². The van der Waals surface area contributed by atoms with E-state index in [9.17, 15) is 0 Å².